The Bertz CT molecular complexity index is 404. The van der Waals surface area contributed by atoms with Crippen LogP contribution in [-0.4, -0.2) is 55.2 Å². The van der Waals surface area contributed by atoms with Gasteiger partial charge in [0.05, 0.1) is 7.11 Å². The molecule has 1 aliphatic rings. The topological polar surface area (TPSA) is 101 Å². The van der Waals surface area contributed by atoms with Crippen molar-refractivity contribution < 1.29 is 27.9 Å². The lowest BCUT2D eigenvalue weighted by Gasteiger charge is -2.31. The summed E-state index contributed by atoms with van der Waals surface area (Å²) < 4.78 is 28.8. The molecule has 8 heteroatoms. The van der Waals surface area contributed by atoms with Gasteiger partial charge in [-0.15, -0.1) is 0 Å². The molecule has 1 atom stereocenters. The molecule has 7 nitrogen and oxygen atoms in total. The Hall–Kier alpha value is -1.15. The fraction of sp³-hybridized carbons (Fsp3) is 0.778. The first kappa shape index (κ1) is 13.9. The highest BCUT2D eigenvalue weighted by Gasteiger charge is 2.37. The lowest BCUT2D eigenvalue weighted by atomic mass is 10.1. The second-order valence-corrected chi connectivity index (χ2v) is 5.71. The van der Waals surface area contributed by atoms with E-state index in [4.69, 9.17) is 5.11 Å². The van der Waals surface area contributed by atoms with E-state index >= 15 is 0 Å². The van der Waals surface area contributed by atoms with Crippen LogP contribution in [-0.2, 0) is 24.3 Å². The number of ether oxygens (including phenoxy) is 1. The first-order valence-electron chi connectivity index (χ1n) is 5.17. The maximum atomic E-state index is 11.8. The van der Waals surface area contributed by atoms with E-state index in [1.165, 1.54) is 0 Å². The molecule has 1 rings (SSSR count). The Kier molecular flexibility index (Phi) is 4.47. The van der Waals surface area contributed by atoms with E-state index in [1.807, 2.05) is 0 Å². The van der Waals surface area contributed by atoms with Gasteiger partial charge in [0.25, 0.3) is 0 Å². The highest BCUT2D eigenvalue weighted by Crippen LogP contribution is 2.21. The van der Waals surface area contributed by atoms with E-state index in [0.29, 0.717) is 12.8 Å². The molecule has 1 N–H and O–H groups in total. The number of hydrogen-bond donors (Lipinski definition) is 1. The summed E-state index contributed by atoms with van der Waals surface area (Å²) in [6.07, 6.45) is 1.54. The van der Waals surface area contributed by atoms with Crippen molar-refractivity contribution in [2.24, 2.45) is 0 Å². The van der Waals surface area contributed by atoms with Crippen LogP contribution < -0.4 is 0 Å². The number of carboxylic acids is 1. The largest absolute Gasteiger partial charge is 0.480 e. The van der Waals surface area contributed by atoms with E-state index in [9.17, 15) is 18.0 Å². The molecule has 0 aliphatic carbocycles. The Morgan fingerprint density at radius 3 is 2.59 bits per heavy atom. The quantitative estimate of drug-likeness (QED) is 0.683. The zero-order valence-corrected chi connectivity index (χ0v) is 10.3. The van der Waals surface area contributed by atoms with Crippen LogP contribution in [0.3, 0.4) is 0 Å². The Morgan fingerprint density at radius 1 is 1.41 bits per heavy atom. The highest BCUT2D eigenvalue weighted by molar-refractivity contribution is 7.89. The van der Waals surface area contributed by atoms with Crippen LogP contribution in [0.15, 0.2) is 0 Å². The zero-order valence-electron chi connectivity index (χ0n) is 9.46. The monoisotopic (exact) mass is 265 g/mol. The molecule has 1 fully saturated rings. The van der Waals surface area contributed by atoms with Gasteiger partial charge in [-0.2, -0.15) is 4.31 Å². The van der Waals surface area contributed by atoms with E-state index in [0.717, 1.165) is 11.4 Å². The molecule has 0 aromatic rings. The summed E-state index contributed by atoms with van der Waals surface area (Å²) in [5.74, 6) is -2.88. The molecular formula is C9H15NO6S. The summed E-state index contributed by atoms with van der Waals surface area (Å²) in [5.41, 5.74) is 0. The molecule has 17 heavy (non-hydrogen) atoms. The predicted molar refractivity (Wildman–Crippen MR) is 57.8 cm³/mol. The normalized spacial score (nSPS) is 22.1. The lowest BCUT2D eigenvalue weighted by Crippen LogP contribution is -2.49. The van der Waals surface area contributed by atoms with Gasteiger partial charge in [-0.3, -0.25) is 9.59 Å². The molecule has 0 unspecified atom stereocenters. The molecular weight excluding hydrogens is 250 g/mol. The van der Waals surface area contributed by atoms with Crippen molar-refractivity contribution in [3.63, 3.8) is 0 Å². The molecule has 0 aromatic carbocycles. The lowest BCUT2D eigenvalue weighted by molar-refractivity contribution is -0.143. The number of hydrogen-bond acceptors (Lipinski definition) is 5. The fourth-order valence-corrected chi connectivity index (χ4v) is 3.35. The molecule has 1 aliphatic heterocycles. The zero-order chi connectivity index (χ0) is 13.1. The maximum absolute atomic E-state index is 11.8. The smallest absolute Gasteiger partial charge is 0.322 e. The SMILES string of the molecule is COC(=O)CS(=O)(=O)N1CCCC[C@H]1C(=O)O. The molecule has 0 saturated carbocycles. The first-order valence-corrected chi connectivity index (χ1v) is 6.78. The molecule has 0 amide bonds. The summed E-state index contributed by atoms with van der Waals surface area (Å²) in [7, 11) is -2.82. The van der Waals surface area contributed by atoms with Gasteiger partial charge in [0.1, 0.15) is 6.04 Å². The summed E-state index contributed by atoms with van der Waals surface area (Å²) in [4.78, 5) is 21.9. The fourth-order valence-electron chi connectivity index (χ4n) is 1.78. The van der Waals surface area contributed by atoms with Crippen LogP contribution >= 0.6 is 0 Å². The Morgan fingerprint density at radius 2 is 2.06 bits per heavy atom. The predicted octanol–water partition coefficient (Wildman–Crippen LogP) is -0.572. The number of carbonyl (C=O) groups is 2. The average molecular weight is 265 g/mol. The van der Waals surface area contributed by atoms with Gasteiger partial charge in [0.2, 0.25) is 10.0 Å². The standard InChI is InChI=1S/C9H15NO6S/c1-16-8(11)6-17(14,15)10-5-3-2-4-7(10)9(12)13/h7H,2-6H2,1H3,(H,12,13)/t7-/m0/s1. The molecule has 1 saturated heterocycles. The van der Waals surface area contributed by atoms with Crippen molar-refractivity contribution in [2.45, 2.75) is 25.3 Å². The molecule has 1 heterocycles. The number of methoxy groups -OCH3 is 1. The summed E-state index contributed by atoms with van der Waals surface area (Å²) >= 11 is 0. The molecule has 98 valence electrons. The van der Waals surface area contributed by atoms with Crippen LogP contribution in [0.25, 0.3) is 0 Å². The molecule has 0 spiro atoms. The van der Waals surface area contributed by atoms with E-state index in [1.54, 1.807) is 0 Å². The number of nitrogens with zero attached hydrogens (tertiary/aromatic N) is 1. The van der Waals surface area contributed by atoms with Crippen molar-refractivity contribution in [1.29, 1.82) is 0 Å². The molecule has 0 aromatic heterocycles. The number of rotatable bonds is 4. The van der Waals surface area contributed by atoms with Crippen molar-refractivity contribution >= 4 is 22.0 Å². The van der Waals surface area contributed by atoms with Crippen molar-refractivity contribution in [3.8, 4) is 0 Å². The average Bonchev–Trinajstić information content (AvgIpc) is 2.28. The van der Waals surface area contributed by atoms with E-state index in [-0.39, 0.29) is 13.0 Å². The van der Waals surface area contributed by atoms with Crippen LogP contribution in [0.1, 0.15) is 19.3 Å². The first-order chi connectivity index (χ1) is 7.88. The minimum Gasteiger partial charge on any atom is -0.480 e. The van der Waals surface area contributed by atoms with Gasteiger partial charge >= 0.3 is 11.9 Å². The number of carbonyl (C=O) groups excluding carboxylic acids is 1. The van der Waals surface area contributed by atoms with Crippen molar-refractivity contribution in [3.05, 3.63) is 0 Å². The Balaban J connectivity index is 2.87. The van der Waals surface area contributed by atoms with Gasteiger partial charge in [0, 0.05) is 6.54 Å². The molecule has 0 bridgehead atoms. The van der Waals surface area contributed by atoms with Gasteiger partial charge in [-0.25, -0.2) is 8.42 Å². The third-order valence-corrected chi connectivity index (χ3v) is 4.38. The minimum atomic E-state index is -3.91. The van der Waals surface area contributed by atoms with Gasteiger partial charge in [-0.05, 0) is 19.3 Å². The van der Waals surface area contributed by atoms with Crippen LogP contribution in [0.2, 0.25) is 0 Å². The highest BCUT2D eigenvalue weighted by atomic mass is 32.2. The maximum Gasteiger partial charge on any atom is 0.322 e. The summed E-state index contributed by atoms with van der Waals surface area (Å²) in [6.45, 7) is 0.135. The van der Waals surface area contributed by atoms with Crippen molar-refractivity contribution in [2.75, 3.05) is 19.4 Å². The Labute approximate surface area is 99.4 Å². The van der Waals surface area contributed by atoms with E-state index < -0.39 is 33.8 Å². The second kappa shape index (κ2) is 5.46. The number of esters is 1. The number of sulfonamides is 1. The number of aliphatic carboxylic acids is 1. The van der Waals surface area contributed by atoms with Crippen LogP contribution in [0.4, 0.5) is 0 Å². The third-order valence-electron chi connectivity index (χ3n) is 2.62. The van der Waals surface area contributed by atoms with Crippen LogP contribution in [0.5, 0.6) is 0 Å². The summed E-state index contributed by atoms with van der Waals surface area (Å²) in [6, 6.07) is -1.07. The van der Waals surface area contributed by atoms with Crippen molar-refractivity contribution in [1.82, 2.24) is 4.31 Å². The van der Waals surface area contributed by atoms with Gasteiger partial charge < -0.3 is 9.84 Å². The van der Waals surface area contributed by atoms with Gasteiger partial charge in [0.15, 0.2) is 5.75 Å². The van der Waals surface area contributed by atoms with Crippen LogP contribution in [0, 0.1) is 0 Å². The second-order valence-electron chi connectivity index (χ2n) is 3.79. The minimum absolute atomic E-state index is 0.135. The van der Waals surface area contributed by atoms with Gasteiger partial charge in [-0.1, -0.05) is 0 Å². The number of carboxylic acid groups (broad SMARTS) is 1. The van der Waals surface area contributed by atoms with E-state index in [2.05, 4.69) is 4.74 Å². The third kappa shape index (κ3) is 3.40. The summed E-state index contributed by atoms with van der Waals surface area (Å²) in [5, 5.41) is 8.94. The molecule has 0 radical (unpaired) electrons. The number of piperidine rings is 1.